The van der Waals surface area contributed by atoms with E-state index < -0.39 is 0 Å². The van der Waals surface area contributed by atoms with Crippen molar-refractivity contribution in [2.24, 2.45) is 0 Å². The van der Waals surface area contributed by atoms with Gasteiger partial charge in [0.2, 0.25) is 0 Å². The lowest BCUT2D eigenvalue weighted by molar-refractivity contribution is 0.353. The molecule has 0 unspecified atom stereocenters. The Bertz CT molecular complexity index is 556. The minimum absolute atomic E-state index is 0.0595. The molecule has 2 nitrogen and oxygen atoms in total. The van der Waals surface area contributed by atoms with Gasteiger partial charge in [0.1, 0.15) is 0 Å². The zero-order valence-corrected chi connectivity index (χ0v) is 11.8. The summed E-state index contributed by atoms with van der Waals surface area (Å²) < 4.78 is 0. The third-order valence-electron chi connectivity index (χ3n) is 4.12. The van der Waals surface area contributed by atoms with E-state index in [1.807, 2.05) is 12.3 Å². The largest absolute Gasteiger partial charge is 0.378 e. The van der Waals surface area contributed by atoms with E-state index in [9.17, 15) is 0 Å². The average Bonchev–Trinajstić information content (AvgIpc) is 2.49. The van der Waals surface area contributed by atoms with Gasteiger partial charge >= 0.3 is 0 Å². The molecule has 1 N–H and O–H groups in total. The summed E-state index contributed by atoms with van der Waals surface area (Å²) in [5.74, 6) is 0.670. The molecule has 1 fully saturated rings. The van der Waals surface area contributed by atoms with Crippen LogP contribution in [0, 0.1) is 0 Å². The summed E-state index contributed by atoms with van der Waals surface area (Å²) in [6.07, 6.45) is 8.05. The van der Waals surface area contributed by atoms with E-state index >= 15 is 0 Å². The predicted octanol–water partition coefficient (Wildman–Crippen LogP) is 4.59. The lowest BCUT2D eigenvalue weighted by atomic mass is 9.83. The molecule has 0 aliphatic heterocycles. The Balaban J connectivity index is 1.96. The molecule has 3 heteroatoms. The maximum Gasteiger partial charge on any atom is 0.0722 e. The van der Waals surface area contributed by atoms with Crippen LogP contribution < -0.4 is 5.32 Å². The number of nitrogens with zero attached hydrogens (tertiary/aromatic N) is 1. The van der Waals surface area contributed by atoms with E-state index in [0.717, 1.165) is 24.0 Å². The maximum atomic E-state index is 6.26. The Morgan fingerprint density at radius 2 is 1.89 bits per heavy atom. The first-order chi connectivity index (χ1) is 9.33. The topological polar surface area (TPSA) is 24.9 Å². The molecular weight excluding hydrogens is 256 g/mol. The van der Waals surface area contributed by atoms with Gasteiger partial charge in [-0.15, -0.1) is 11.6 Å². The number of alkyl halides is 1. The third kappa shape index (κ3) is 2.55. The van der Waals surface area contributed by atoms with Crippen LogP contribution in [0.3, 0.4) is 0 Å². The Labute approximate surface area is 119 Å². The second-order valence-electron chi connectivity index (χ2n) is 5.48. The van der Waals surface area contributed by atoms with E-state index in [4.69, 9.17) is 11.6 Å². The zero-order valence-electron chi connectivity index (χ0n) is 11.0. The van der Waals surface area contributed by atoms with Crippen molar-refractivity contribution >= 4 is 28.2 Å². The van der Waals surface area contributed by atoms with E-state index in [-0.39, 0.29) is 5.54 Å². The summed E-state index contributed by atoms with van der Waals surface area (Å²) in [6.45, 7) is 0. The lowest BCUT2D eigenvalue weighted by Gasteiger charge is -2.37. The SMILES string of the molecule is ClCC1(Nc2ccnc3ccccc23)CCCCC1. The second-order valence-corrected chi connectivity index (χ2v) is 5.74. The second kappa shape index (κ2) is 5.38. The van der Waals surface area contributed by atoms with Crippen LogP contribution in [0.5, 0.6) is 0 Å². The van der Waals surface area contributed by atoms with Crippen molar-refractivity contribution in [3.05, 3.63) is 36.5 Å². The van der Waals surface area contributed by atoms with E-state index in [2.05, 4.69) is 34.6 Å². The molecule has 0 saturated heterocycles. The van der Waals surface area contributed by atoms with Gasteiger partial charge in [-0.2, -0.15) is 0 Å². The first kappa shape index (κ1) is 12.7. The van der Waals surface area contributed by atoms with E-state index in [0.29, 0.717) is 5.88 Å². The fraction of sp³-hybridized carbons (Fsp3) is 0.438. The highest BCUT2D eigenvalue weighted by Gasteiger charge is 2.31. The lowest BCUT2D eigenvalue weighted by Crippen LogP contribution is -2.42. The highest BCUT2D eigenvalue weighted by atomic mass is 35.5. The van der Waals surface area contributed by atoms with Crippen LogP contribution in [0.15, 0.2) is 36.5 Å². The summed E-state index contributed by atoms with van der Waals surface area (Å²) >= 11 is 6.26. The van der Waals surface area contributed by atoms with Gasteiger partial charge in [0.05, 0.1) is 11.1 Å². The van der Waals surface area contributed by atoms with Crippen LogP contribution in [-0.2, 0) is 0 Å². The van der Waals surface area contributed by atoms with Crippen molar-refractivity contribution in [3.8, 4) is 0 Å². The van der Waals surface area contributed by atoms with Crippen LogP contribution in [0.4, 0.5) is 5.69 Å². The van der Waals surface area contributed by atoms with Gasteiger partial charge in [0, 0.05) is 23.2 Å². The molecule has 3 rings (SSSR count). The van der Waals surface area contributed by atoms with E-state index in [1.54, 1.807) is 0 Å². The smallest absolute Gasteiger partial charge is 0.0722 e. The zero-order chi connectivity index (χ0) is 13.1. The number of pyridine rings is 1. The molecule has 1 saturated carbocycles. The number of fused-ring (bicyclic) bond motifs is 1. The van der Waals surface area contributed by atoms with Gasteiger partial charge in [-0.05, 0) is 25.0 Å². The summed E-state index contributed by atoms with van der Waals surface area (Å²) in [5, 5.41) is 4.90. The fourth-order valence-electron chi connectivity index (χ4n) is 3.01. The van der Waals surface area contributed by atoms with Crippen molar-refractivity contribution in [2.45, 2.75) is 37.6 Å². The quantitative estimate of drug-likeness (QED) is 0.828. The highest BCUT2D eigenvalue weighted by Crippen LogP contribution is 2.34. The van der Waals surface area contributed by atoms with Crippen molar-refractivity contribution < 1.29 is 0 Å². The molecule has 0 amide bonds. The molecule has 0 radical (unpaired) electrons. The fourth-order valence-corrected chi connectivity index (χ4v) is 3.35. The molecule has 1 heterocycles. The minimum Gasteiger partial charge on any atom is -0.378 e. The number of halogens is 1. The molecular formula is C16H19ClN2. The molecule has 0 bridgehead atoms. The summed E-state index contributed by atoms with van der Waals surface area (Å²) in [6, 6.07) is 10.3. The third-order valence-corrected chi connectivity index (χ3v) is 4.63. The molecule has 2 aromatic rings. The van der Waals surface area contributed by atoms with Gasteiger partial charge in [-0.3, -0.25) is 4.98 Å². The number of rotatable bonds is 3. The normalized spacial score (nSPS) is 18.4. The van der Waals surface area contributed by atoms with Crippen molar-refractivity contribution in [1.29, 1.82) is 0 Å². The van der Waals surface area contributed by atoms with Gasteiger partial charge < -0.3 is 5.32 Å². The standard InChI is InChI=1S/C16H19ClN2/c17-12-16(9-4-1-5-10-16)19-15-8-11-18-14-7-3-2-6-13(14)15/h2-3,6-8,11H,1,4-5,9-10,12H2,(H,18,19). The maximum absolute atomic E-state index is 6.26. The summed E-state index contributed by atoms with van der Waals surface area (Å²) in [7, 11) is 0. The van der Waals surface area contributed by atoms with Gasteiger partial charge in [0.15, 0.2) is 0 Å². The van der Waals surface area contributed by atoms with Crippen LogP contribution >= 0.6 is 11.6 Å². The Morgan fingerprint density at radius 1 is 1.11 bits per heavy atom. The van der Waals surface area contributed by atoms with E-state index in [1.165, 1.54) is 24.6 Å². The Kier molecular flexibility index (Phi) is 3.61. The molecule has 1 aromatic heterocycles. The summed E-state index contributed by atoms with van der Waals surface area (Å²) in [4.78, 5) is 4.41. The molecule has 1 aliphatic carbocycles. The molecule has 1 aromatic carbocycles. The first-order valence-corrected chi connectivity index (χ1v) is 7.54. The van der Waals surface area contributed by atoms with Gasteiger partial charge in [-0.25, -0.2) is 0 Å². The molecule has 1 aliphatic rings. The number of aromatic nitrogens is 1. The van der Waals surface area contributed by atoms with Crippen LogP contribution in [0.25, 0.3) is 10.9 Å². The monoisotopic (exact) mass is 274 g/mol. The van der Waals surface area contributed by atoms with Crippen LogP contribution in [0.1, 0.15) is 32.1 Å². The molecule has 0 spiro atoms. The predicted molar refractivity (Wildman–Crippen MR) is 81.9 cm³/mol. The summed E-state index contributed by atoms with van der Waals surface area (Å²) in [5.41, 5.74) is 2.25. The number of hydrogen-bond donors (Lipinski definition) is 1. The molecule has 19 heavy (non-hydrogen) atoms. The minimum atomic E-state index is 0.0595. The van der Waals surface area contributed by atoms with Crippen molar-refractivity contribution in [1.82, 2.24) is 4.98 Å². The Hall–Kier alpha value is -1.28. The van der Waals surface area contributed by atoms with Crippen molar-refractivity contribution in [3.63, 3.8) is 0 Å². The highest BCUT2D eigenvalue weighted by molar-refractivity contribution is 6.19. The first-order valence-electron chi connectivity index (χ1n) is 7.01. The van der Waals surface area contributed by atoms with Crippen LogP contribution in [0.2, 0.25) is 0 Å². The van der Waals surface area contributed by atoms with Crippen molar-refractivity contribution in [2.75, 3.05) is 11.2 Å². The molecule has 0 atom stereocenters. The number of para-hydroxylation sites is 1. The molecule has 100 valence electrons. The van der Waals surface area contributed by atoms with Gasteiger partial charge in [0.25, 0.3) is 0 Å². The average molecular weight is 275 g/mol. The number of nitrogens with one attached hydrogen (secondary N) is 1. The number of anilines is 1. The van der Waals surface area contributed by atoms with Crippen LogP contribution in [-0.4, -0.2) is 16.4 Å². The number of benzene rings is 1. The Morgan fingerprint density at radius 3 is 2.68 bits per heavy atom. The number of hydrogen-bond acceptors (Lipinski definition) is 2. The van der Waals surface area contributed by atoms with Gasteiger partial charge in [-0.1, -0.05) is 37.5 Å².